The number of carbonyl (C=O) groups excluding carboxylic acids is 1. The lowest BCUT2D eigenvalue weighted by Crippen LogP contribution is -2.38. The molecule has 3 heterocycles. The van der Waals surface area contributed by atoms with Gasteiger partial charge < -0.3 is 4.90 Å². The highest BCUT2D eigenvalue weighted by Gasteiger charge is 2.26. The van der Waals surface area contributed by atoms with Gasteiger partial charge in [-0.3, -0.25) is 4.79 Å². The van der Waals surface area contributed by atoms with Crippen molar-refractivity contribution in [1.29, 1.82) is 0 Å². The van der Waals surface area contributed by atoms with Crippen LogP contribution >= 0.6 is 22.7 Å². The molecule has 25 heavy (non-hydrogen) atoms. The van der Waals surface area contributed by atoms with Crippen LogP contribution in [-0.2, 0) is 4.79 Å². The first-order valence-corrected chi connectivity index (χ1v) is 10.2. The molecule has 3 aromatic rings. The highest BCUT2D eigenvalue weighted by molar-refractivity contribution is 7.18. The lowest BCUT2D eigenvalue weighted by atomic mass is 9.98. The predicted octanol–water partition coefficient (Wildman–Crippen LogP) is 5.09. The summed E-state index contributed by atoms with van der Waals surface area (Å²) in [4.78, 5) is 21.7. The molecule has 5 heteroatoms. The minimum absolute atomic E-state index is 0.108. The summed E-state index contributed by atoms with van der Waals surface area (Å²) in [6, 6.07) is 12.4. The van der Waals surface area contributed by atoms with Crippen LogP contribution in [0.25, 0.3) is 16.3 Å². The van der Waals surface area contributed by atoms with Gasteiger partial charge in [-0.25, -0.2) is 4.98 Å². The molecule has 0 bridgehead atoms. The van der Waals surface area contributed by atoms with Gasteiger partial charge in [0.25, 0.3) is 0 Å². The van der Waals surface area contributed by atoms with E-state index < -0.39 is 0 Å². The van der Waals surface area contributed by atoms with Gasteiger partial charge in [0.1, 0.15) is 0 Å². The molecule has 0 spiro atoms. The van der Waals surface area contributed by atoms with Crippen LogP contribution in [0.3, 0.4) is 0 Å². The summed E-state index contributed by atoms with van der Waals surface area (Å²) in [5.74, 6) is 0.462. The SMILES string of the molecule is Cc1ccc(/C=C/C(=O)N2CCC[C@@H](c3nc4ccccc4s3)C2)s1. The Morgan fingerprint density at radius 2 is 2.12 bits per heavy atom. The second-order valence-corrected chi connectivity index (χ2v) is 8.81. The largest absolute Gasteiger partial charge is 0.338 e. The fourth-order valence-corrected chi connectivity index (χ4v) is 5.12. The first kappa shape index (κ1) is 16.5. The van der Waals surface area contributed by atoms with E-state index in [0.29, 0.717) is 5.92 Å². The van der Waals surface area contributed by atoms with Gasteiger partial charge in [0, 0.05) is 34.8 Å². The van der Waals surface area contributed by atoms with E-state index in [1.165, 1.54) is 9.58 Å². The van der Waals surface area contributed by atoms with Gasteiger partial charge in [-0.15, -0.1) is 22.7 Å². The molecule has 2 aromatic heterocycles. The van der Waals surface area contributed by atoms with Crippen LogP contribution in [0.15, 0.2) is 42.5 Å². The van der Waals surface area contributed by atoms with Crippen LogP contribution in [0.4, 0.5) is 0 Å². The summed E-state index contributed by atoms with van der Waals surface area (Å²) in [6.45, 7) is 3.69. The molecule has 128 valence electrons. The fraction of sp³-hybridized carbons (Fsp3) is 0.300. The Kier molecular flexibility index (Phi) is 4.68. The van der Waals surface area contributed by atoms with Gasteiger partial charge in [-0.2, -0.15) is 0 Å². The van der Waals surface area contributed by atoms with Crippen LogP contribution in [-0.4, -0.2) is 28.9 Å². The Balaban J connectivity index is 1.46. The number of aryl methyl sites for hydroxylation is 1. The zero-order valence-corrected chi connectivity index (χ0v) is 15.8. The number of nitrogens with zero attached hydrogens (tertiary/aromatic N) is 2. The van der Waals surface area contributed by atoms with Gasteiger partial charge >= 0.3 is 0 Å². The molecule has 1 aliphatic rings. The average molecular weight is 369 g/mol. The topological polar surface area (TPSA) is 33.2 Å². The number of amides is 1. The Labute approximate surface area is 155 Å². The minimum atomic E-state index is 0.108. The number of fused-ring (bicyclic) bond motifs is 1. The third-order valence-electron chi connectivity index (χ3n) is 4.54. The van der Waals surface area contributed by atoms with E-state index in [1.807, 2.05) is 17.0 Å². The lowest BCUT2D eigenvalue weighted by Gasteiger charge is -2.31. The second-order valence-electron chi connectivity index (χ2n) is 6.42. The first-order chi connectivity index (χ1) is 12.2. The number of benzene rings is 1. The van der Waals surface area contributed by atoms with Crippen molar-refractivity contribution >= 4 is 44.9 Å². The van der Waals surface area contributed by atoms with Crippen LogP contribution in [0.2, 0.25) is 0 Å². The summed E-state index contributed by atoms with van der Waals surface area (Å²) in [7, 11) is 0. The van der Waals surface area contributed by atoms with Crippen LogP contribution in [0.1, 0.15) is 33.5 Å². The number of aromatic nitrogens is 1. The first-order valence-electron chi connectivity index (χ1n) is 8.58. The van der Waals surface area contributed by atoms with Crippen molar-refractivity contribution in [2.24, 2.45) is 0 Å². The van der Waals surface area contributed by atoms with E-state index in [9.17, 15) is 4.79 Å². The normalized spacial score (nSPS) is 18.3. The van der Waals surface area contributed by atoms with E-state index in [0.717, 1.165) is 41.3 Å². The van der Waals surface area contributed by atoms with Gasteiger partial charge in [-0.05, 0) is 50.1 Å². The van der Waals surface area contributed by atoms with Crippen molar-refractivity contribution in [3.8, 4) is 0 Å². The van der Waals surface area contributed by atoms with E-state index in [2.05, 4.69) is 37.3 Å². The number of hydrogen-bond acceptors (Lipinski definition) is 4. The number of likely N-dealkylation sites (tertiary alicyclic amines) is 1. The number of para-hydroxylation sites is 1. The quantitative estimate of drug-likeness (QED) is 0.604. The molecule has 1 fully saturated rings. The zero-order valence-electron chi connectivity index (χ0n) is 14.1. The molecule has 0 N–H and O–H groups in total. The third-order valence-corrected chi connectivity index (χ3v) is 6.71. The molecule has 0 radical (unpaired) electrons. The van der Waals surface area contributed by atoms with E-state index in [1.54, 1.807) is 28.7 Å². The smallest absolute Gasteiger partial charge is 0.246 e. The number of thiazole rings is 1. The summed E-state index contributed by atoms with van der Waals surface area (Å²) in [5.41, 5.74) is 1.07. The number of rotatable bonds is 3. The third kappa shape index (κ3) is 3.67. The minimum Gasteiger partial charge on any atom is -0.338 e. The van der Waals surface area contributed by atoms with Crippen molar-refractivity contribution in [3.63, 3.8) is 0 Å². The van der Waals surface area contributed by atoms with E-state index >= 15 is 0 Å². The lowest BCUT2D eigenvalue weighted by molar-refractivity contribution is -0.127. The van der Waals surface area contributed by atoms with Crippen molar-refractivity contribution in [2.45, 2.75) is 25.7 Å². The van der Waals surface area contributed by atoms with Crippen LogP contribution in [0.5, 0.6) is 0 Å². The summed E-state index contributed by atoms with van der Waals surface area (Å²) < 4.78 is 1.23. The zero-order chi connectivity index (χ0) is 17.2. The molecular formula is C20H20N2OS2. The van der Waals surface area contributed by atoms with Gasteiger partial charge in [0.2, 0.25) is 5.91 Å². The van der Waals surface area contributed by atoms with Crippen molar-refractivity contribution in [1.82, 2.24) is 9.88 Å². The van der Waals surface area contributed by atoms with Crippen LogP contribution < -0.4 is 0 Å². The monoisotopic (exact) mass is 368 g/mol. The molecule has 1 amide bonds. The maximum Gasteiger partial charge on any atom is 0.246 e. The number of thiophene rings is 1. The molecule has 1 saturated heterocycles. The molecule has 1 aliphatic heterocycles. The molecule has 3 nitrogen and oxygen atoms in total. The average Bonchev–Trinajstić information content (AvgIpc) is 3.25. The summed E-state index contributed by atoms with van der Waals surface area (Å²) in [5, 5.41) is 1.16. The summed E-state index contributed by atoms with van der Waals surface area (Å²) in [6.07, 6.45) is 5.79. The van der Waals surface area contributed by atoms with Crippen molar-refractivity contribution in [2.75, 3.05) is 13.1 Å². The Hall–Kier alpha value is -1.98. The van der Waals surface area contributed by atoms with Gasteiger partial charge in [0.05, 0.1) is 15.2 Å². The molecule has 0 unspecified atom stereocenters. The molecule has 4 rings (SSSR count). The predicted molar refractivity (Wildman–Crippen MR) is 106 cm³/mol. The maximum absolute atomic E-state index is 12.6. The molecule has 0 aliphatic carbocycles. The number of piperidine rings is 1. The maximum atomic E-state index is 12.6. The molecule has 0 saturated carbocycles. The van der Waals surface area contributed by atoms with Crippen molar-refractivity contribution in [3.05, 3.63) is 57.2 Å². The summed E-state index contributed by atoms with van der Waals surface area (Å²) >= 11 is 3.48. The highest BCUT2D eigenvalue weighted by Crippen LogP contribution is 2.33. The fourth-order valence-electron chi connectivity index (χ4n) is 3.25. The highest BCUT2D eigenvalue weighted by atomic mass is 32.1. The number of carbonyl (C=O) groups is 1. The Morgan fingerprint density at radius 1 is 1.24 bits per heavy atom. The van der Waals surface area contributed by atoms with E-state index in [4.69, 9.17) is 4.98 Å². The van der Waals surface area contributed by atoms with Crippen molar-refractivity contribution < 1.29 is 4.79 Å². The second kappa shape index (κ2) is 7.10. The van der Waals surface area contributed by atoms with E-state index in [-0.39, 0.29) is 5.91 Å². The van der Waals surface area contributed by atoms with Gasteiger partial charge in [0.15, 0.2) is 0 Å². The Morgan fingerprint density at radius 3 is 2.92 bits per heavy atom. The van der Waals surface area contributed by atoms with Crippen LogP contribution in [0, 0.1) is 6.92 Å². The Bertz CT molecular complexity index is 892. The molecular weight excluding hydrogens is 348 g/mol. The molecule has 1 aromatic carbocycles. The standard InChI is InChI=1S/C20H20N2OS2/c1-14-8-9-16(24-14)10-11-19(23)22-12-4-5-15(13-22)20-21-17-6-2-3-7-18(17)25-20/h2-3,6-11,15H,4-5,12-13H2,1H3/b11-10+/t15-/m1/s1. The molecule has 1 atom stereocenters. The van der Waals surface area contributed by atoms with Gasteiger partial charge in [-0.1, -0.05) is 12.1 Å². The number of hydrogen-bond donors (Lipinski definition) is 0.